The summed E-state index contributed by atoms with van der Waals surface area (Å²) in [6.07, 6.45) is -0.385. The molecule has 0 heterocycles. The zero-order chi connectivity index (χ0) is 24.3. The van der Waals surface area contributed by atoms with Gasteiger partial charge in [-0.05, 0) is 22.3 Å². The van der Waals surface area contributed by atoms with E-state index in [4.69, 9.17) is 14.2 Å². The number of hydrogen-bond acceptors (Lipinski definition) is 3. The summed E-state index contributed by atoms with van der Waals surface area (Å²) in [6.45, 7) is 0.756. The van der Waals surface area contributed by atoms with Crippen molar-refractivity contribution in [2.45, 2.75) is 22.2 Å². The number of hydrogen-bond donors (Lipinski definition) is 0. The van der Waals surface area contributed by atoms with Crippen molar-refractivity contribution in [1.29, 1.82) is 0 Å². The molecule has 0 aliphatic carbocycles. The minimum absolute atomic E-state index is 0.193. The average Bonchev–Trinajstić information content (AvgIpc) is 2.92. The van der Waals surface area contributed by atoms with Crippen LogP contribution in [0.1, 0.15) is 34.5 Å². The topological polar surface area (TPSA) is 27.7 Å². The molecule has 4 aromatic carbocycles. The van der Waals surface area contributed by atoms with E-state index in [-0.39, 0.29) is 22.2 Å². The second-order valence-corrected chi connectivity index (χ2v) is 10.1. The number of alkyl halides is 2. The van der Waals surface area contributed by atoms with Gasteiger partial charge in [0, 0.05) is 0 Å². The molecule has 4 rings (SSSR count). The standard InChI is InChI=1S/C30H28Br2O3/c31-27(34-29(23-13-5-1-6-14-23)24-15-7-2-8-16-24)21-33-22-28(32)35-30(25-17-9-3-10-18-25)26-19-11-4-12-20-26/h1-20,27-30H,21-22H2. The van der Waals surface area contributed by atoms with Crippen molar-refractivity contribution >= 4 is 31.9 Å². The van der Waals surface area contributed by atoms with Gasteiger partial charge < -0.3 is 14.2 Å². The quantitative estimate of drug-likeness (QED) is 0.155. The lowest BCUT2D eigenvalue weighted by Crippen LogP contribution is -2.22. The summed E-state index contributed by atoms with van der Waals surface area (Å²) in [5, 5.41) is -0.571. The SMILES string of the molecule is BrC(COCC(Br)OC(c1ccccc1)c1ccccc1)OC(c1ccccc1)c1ccccc1. The summed E-state index contributed by atoms with van der Waals surface area (Å²) in [7, 11) is 0. The number of ether oxygens (including phenoxy) is 3. The first-order valence-corrected chi connectivity index (χ1v) is 13.4. The highest BCUT2D eigenvalue weighted by Crippen LogP contribution is 2.30. The normalized spacial score (nSPS) is 13.1. The van der Waals surface area contributed by atoms with Crippen molar-refractivity contribution in [1.82, 2.24) is 0 Å². The monoisotopic (exact) mass is 594 g/mol. The van der Waals surface area contributed by atoms with Crippen LogP contribution in [-0.2, 0) is 14.2 Å². The molecule has 0 fully saturated rings. The second-order valence-electron chi connectivity index (χ2n) is 8.03. The smallest absolute Gasteiger partial charge is 0.137 e. The molecular weight excluding hydrogens is 568 g/mol. The minimum Gasteiger partial charge on any atom is -0.374 e. The van der Waals surface area contributed by atoms with E-state index < -0.39 is 0 Å². The summed E-state index contributed by atoms with van der Waals surface area (Å²) in [4.78, 5) is 0. The molecular formula is C30H28Br2O3. The second kappa shape index (κ2) is 13.7. The Kier molecular flexibility index (Phi) is 10.1. The minimum atomic E-state index is -0.286. The Balaban J connectivity index is 1.33. The molecule has 0 aliphatic heterocycles. The van der Waals surface area contributed by atoms with E-state index in [2.05, 4.69) is 80.4 Å². The average molecular weight is 596 g/mol. The molecule has 2 atom stereocenters. The first kappa shape index (κ1) is 25.8. The van der Waals surface area contributed by atoms with Crippen LogP contribution in [0, 0.1) is 0 Å². The molecule has 0 spiro atoms. The summed E-state index contributed by atoms with van der Waals surface area (Å²) >= 11 is 7.29. The Labute approximate surface area is 224 Å². The highest BCUT2D eigenvalue weighted by Gasteiger charge is 2.21. The third kappa shape index (κ3) is 7.86. The van der Waals surface area contributed by atoms with E-state index in [0.29, 0.717) is 13.2 Å². The molecule has 0 aromatic heterocycles. The van der Waals surface area contributed by atoms with E-state index in [9.17, 15) is 0 Å². The molecule has 2 unspecified atom stereocenters. The summed E-state index contributed by atoms with van der Waals surface area (Å²) < 4.78 is 18.7. The third-order valence-electron chi connectivity index (χ3n) is 5.47. The lowest BCUT2D eigenvalue weighted by atomic mass is 10.0. The van der Waals surface area contributed by atoms with Crippen LogP contribution < -0.4 is 0 Å². The predicted molar refractivity (Wildman–Crippen MR) is 148 cm³/mol. The van der Waals surface area contributed by atoms with Gasteiger partial charge in [0.2, 0.25) is 0 Å². The molecule has 5 heteroatoms. The fourth-order valence-electron chi connectivity index (χ4n) is 3.84. The fraction of sp³-hybridized carbons (Fsp3) is 0.200. The zero-order valence-corrected chi connectivity index (χ0v) is 22.4. The summed E-state index contributed by atoms with van der Waals surface area (Å²) in [6, 6.07) is 40.9. The van der Waals surface area contributed by atoms with Crippen LogP contribution in [0.2, 0.25) is 0 Å². The molecule has 0 aliphatic rings. The van der Waals surface area contributed by atoms with E-state index in [1.165, 1.54) is 0 Å². The van der Waals surface area contributed by atoms with Gasteiger partial charge in [0.05, 0.1) is 13.2 Å². The van der Waals surface area contributed by atoms with Crippen molar-refractivity contribution in [3.63, 3.8) is 0 Å². The van der Waals surface area contributed by atoms with Gasteiger partial charge >= 0.3 is 0 Å². The molecule has 0 amide bonds. The van der Waals surface area contributed by atoms with Gasteiger partial charge in [0.1, 0.15) is 22.2 Å². The maximum atomic E-state index is 6.36. The number of halogens is 2. The van der Waals surface area contributed by atoms with Crippen LogP contribution in [0.5, 0.6) is 0 Å². The first-order valence-electron chi connectivity index (χ1n) is 11.6. The summed E-state index contributed by atoms with van der Waals surface area (Å²) in [5.74, 6) is 0. The lowest BCUT2D eigenvalue weighted by molar-refractivity contribution is -0.0302. The molecule has 0 bridgehead atoms. The van der Waals surface area contributed by atoms with E-state index in [1.54, 1.807) is 0 Å². The van der Waals surface area contributed by atoms with E-state index in [1.807, 2.05) is 72.8 Å². The Morgan fingerprint density at radius 3 is 0.943 bits per heavy atom. The van der Waals surface area contributed by atoms with Crippen molar-refractivity contribution in [3.05, 3.63) is 144 Å². The Morgan fingerprint density at radius 2 is 0.686 bits per heavy atom. The van der Waals surface area contributed by atoms with Crippen LogP contribution in [-0.4, -0.2) is 23.2 Å². The van der Waals surface area contributed by atoms with Crippen LogP contribution in [0.15, 0.2) is 121 Å². The largest absolute Gasteiger partial charge is 0.374 e. The van der Waals surface area contributed by atoms with Crippen LogP contribution in [0.25, 0.3) is 0 Å². The first-order chi connectivity index (χ1) is 17.2. The molecule has 35 heavy (non-hydrogen) atoms. The van der Waals surface area contributed by atoms with Crippen molar-refractivity contribution in [2.24, 2.45) is 0 Å². The Bertz CT molecular complexity index is 941. The fourth-order valence-corrected chi connectivity index (χ4v) is 4.64. The highest BCUT2D eigenvalue weighted by atomic mass is 79.9. The number of benzene rings is 4. The molecule has 180 valence electrons. The third-order valence-corrected chi connectivity index (χ3v) is 6.43. The van der Waals surface area contributed by atoms with Gasteiger partial charge in [0.15, 0.2) is 0 Å². The molecule has 3 nitrogen and oxygen atoms in total. The van der Waals surface area contributed by atoms with Gasteiger partial charge in [-0.25, -0.2) is 0 Å². The zero-order valence-electron chi connectivity index (χ0n) is 19.3. The molecule has 0 radical (unpaired) electrons. The highest BCUT2D eigenvalue weighted by molar-refractivity contribution is 9.09. The summed E-state index contributed by atoms with van der Waals surface area (Å²) in [5.41, 5.74) is 4.38. The Hall–Kier alpha value is -2.28. The van der Waals surface area contributed by atoms with E-state index >= 15 is 0 Å². The number of rotatable bonds is 12. The molecule has 0 N–H and O–H groups in total. The maximum absolute atomic E-state index is 6.36. The Morgan fingerprint density at radius 1 is 0.429 bits per heavy atom. The van der Waals surface area contributed by atoms with Gasteiger partial charge in [0.25, 0.3) is 0 Å². The van der Waals surface area contributed by atoms with Crippen molar-refractivity contribution in [2.75, 3.05) is 13.2 Å². The van der Waals surface area contributed by atoms with Gasteiger partial charge in [-0.2, -0.15) is 0 Å². The van der Waals surface area contributed by atoms with Crippen LogP contribution in [0.4, 0.5) is 0 Å². The van der Waals surface area contributed by atoms with Crippen molar-refractivity contribution < 1.29 is 14.2 Å². The van der Waals surface area contributed by atoms with Crippen LogP contribution >= 0.6 is 31.9 Å². The lowest BCUT2D eigenvalue weighted by Gasteiger charge is -2.24. The van der Waals surface area contributed by atoms with Crippen molar-refractivity contribution in [3.8, 4) is 0 Å². The van der Waals surface area contributed by atoms with Gasteiger partial charge in [-0.3, -0.25) is 0 Å². The maximum Gasteiger partial charge on any atom is 0.137 e. The van der Waals surface area contributed by atoms with Gasteiger partial charge in [-0.15, -0.1) is 0 Å². The van der Waals surface area contributed by atoms with Gasteiger partial charge in [-0.1, -0.05) is 153 Å². The van der Waals surface area contributed by atoms with E-state index in [0.717, 1.165) is 22.3 Å². The molecule has 0 saturated carbocycles. The molecule has 4 aromatic rings. The molecule has 0 saturated heterocycles. The predicted octanol–water partition coefficient (Wildman–Crippen LogP) is 8.06. The van der Waals surface area contributed by atoms with Crippen LogP contribution in [0.3, 0.4) is 0 Å².